The first-order valence-electron chi connectivity index (χ1n) is 6.55. The number of thioether (sulfide) groups is 1. The number of rotatable bonds is 3. The van der Waals surface area contributed by atoms with Crippen LogP contribution in [0.15, 0.2) is 59.6 Å². The summed E-state index contributed by atoms with van der Waals surface area (Å²) >= 11 is 1.83. The molecule has 1 aromatic heterocycles. The second-order valence-electron chi connectivity index (χ2n) is 4.81. The first-order valence-corrected chi connectivity index (χ1v) is 7.54. The van der Waals surface area contributed by atoms with Crippen molar-refractivity contribution in [3.63, 3.8) is 0 Å². The van der Waals surface area contributed by atoms with Crippen molar-refractivity contribution in [2.75, 3.05) is 5.73 Å². The molecule has 0 fully saturated rings. The molecule has 0 amide bonds. The lowest BCUT2D eigenvalue weighted by Gasteiger charge is -2.08. The molecule has 2 nitrogen and oxygen atoms in total. The maximum Gasteiger partial charge on any atom is 0.0742 e. The average Bonchev–Trinajstić information content (AvgIpc) is 2.46. The highest BCUT2D eigenvalue weighted by Crippen LogP contribution is 2.29. The van der Waals surface area contributed by atoms with Crippen molar-refractivity contribution >= 4 is 28.4 Å². The van der Waals surface area contributed by atoms with Gasteiger partial charge in [0, 0.05) is 27.9 Å². The van der Waals surface area contributed by atoms with Crippen molar-refractivity contribution in [1.29, 1.82) is 0 Å². The number of para-hydroxylation sites is 1. The van der Waals surface area contributed by atoms with Gasteiger partial charge in [0.15, 0.2) is 0 Å². The lowest BCUT2D eigenvalue weighted by molar-refractivity contribution is 1.29. The van der Waals surface area contributed by atoms with Crippen LogP contribution in [0.1, 0.15) is 11.1 Å². The molecule has 1 heterocycles. The van der Waals surface area contributed by atoms with E-state index in [9.17, 15) is 0 Å². The second-order valence-corrected chi connectivity index (χ2v) is 5.82. The highest BCUT2D eigenvalue weighted by molar-refractivity contribution is 7.98. The first kappa shape index (κ1) is 13.0. The molecule has 0 saturated carbocycles. The summed E-state index contributed by atoms with van der Waals surface area (Å²) in [6.07, 6.45) is 1.85. The molecule has 3 heteroatoms. The predicted molar refractivity (Wildman–Crippen MR) is 86.9 cm³/mol. The summed E-state index contributed by atoms with van der Waals surface area (Å²) in [5.41, 5.74) is 10.2. The zero-order valence-corrected chi connectivity index (χ0v) is 12.2. The smallest absolute Gasteiger partial charge is 0.0742 e. The van der Waals surface area contributed by atoms with E-state index in [2.05, 4.69) is 42.2 Å². The van der Waals surface area contributed by atoms with Gasteiger partial charge in [-0.05, 0) is 42.3 Å². The molecule has 0 radical (unpaired) electrons. The van der Waals surface area contributed by atoms with Gasteiger partial charge < -0.3 is 5.73 Å². The minimum atomic E-state index is 0.818. The van der Waals surface area contributed by atoms with E-state index in [4.69, 9.17) is 5.73 Å². The largest absolute Gasteiger partial charge is 0.399 e. The van der Waals surface area contributed by atoms with Crippen LogP contribution in [-0.4, -0.2) is 4.98 Å². The molecule has 3 aromatic rings. The third-order valence-electron chi connectivity index (χ3n) is 3.30. The number of anilines is 1. The highest BCUT2D eigenvalue weighted by Gasteiger charge is 2.04. The lowest BCUT2D eigenvalue weighted by atomic mass is 10.1. The van der Waals surface area contributed by atoms with E-state index in [1.165, 1.54) is 21.4 Å². The van der Waals surface area contributed by atoms with E-state index in [1.54, 1.807) is 0 Å². The summed E-state index contributed by atoms with van der Waals surface area (Å²) in [6.45, 7) is 2.10. The standard InChI is InChI=1S/C17H16N2S/c1-12-10-15(18)7-8-16(12)20-11-14-5-2-4-13-6-3-9-19-17(13)14/h2-10H,11,18H2,1H3. The maximum absolute atomic E-state index is 5.79. The van der Waals surface area contributed by atoms with Gasteiger partial charge in [0.1, 0.15) is 0 Å². The first-order chi connectivity index (χ1) is 9.74. The molecular formula is C17H16N2S. The summed E-state index contributed by atoms with van der Waals surface area (Å²) < 4.78 is 0. The molecule has 2 N–H and O–H groups in total. The van der Waals surface area contributed by atoms with Gasteiger partial charge in [0.2, 0.25) is 0 Å². The fraction of sp³-hybridized carbons (Fsp3) is 0.118. The molecule has 0 aliphatic rings. The number of nitrogen functional groups attached to an aromatic ring is 1. The van der Waals surface area contributed by atoms with Crippen molar-refractivity contribution in [2.24, 2.45) is 0 Å². The highest BCUT2D eigenvalue weighted by atomic mass is 32.2. The number of aryl methyl sites for hydroxylation is 1. The summed E-state index contributed by atoms with van der Waals surface area (Å²) in [6, 6.07) is 16.5. The van der Waals surface area contributed by atoms with Gasteiger partial charge in [-0.3, -0.25) is 4.98 Å². The monoisotopic (exact) mass is 280 g/mol. The van der Waals surface area contributed by atoms with Crippen LogP contribution in [0.4, 0.5) is 5.69 Å². The van der Waals surface area contributed by atoms with E-state index in [-0.39, 0.29) is 0 Å². The molecule has 0 bridgehead atoms. The van der Waals surface area contributed by atoms with Crippen LogP contribution in [0.3, 0.4) is 0 Å². The topological polar surface area (TPSA) is 38.9 Å². The Balaban J connectivity index is 1.87. The minimum absolute atomic E-state index is 0.818. The van der Waals surface area contributed by atoms with E-state index >= 15 is 0 Å². The third kappa shape index (κ3) is 2.63. The molecule has 0 aliphatic heterocycles. The lowest BCUT2D eigenvalue weighted by Crippen LogP contribution is -1.89. The molecule has 0 aliphatic carbocycles. The Labute approximate surface area is 123 Å². The fourth-order valence-corrected chi connectivity index (χ4v) is 3.27. The fourth-order valence-electron chi connectivity index (χ4n) is 2.27. The summed E-state index contributed by atoms with van der Waals surface area (Å²) in [5.74, 6) is 0.916. The van der Waals surface area contributed by atoms with Crippen LogP contribution >= 0.6 is 11.8 Å². The molecule has 0 saturated heterocycles. The number of nitrogens with zero attached hydrogens (tertiary/aromatic N) is 1. The molecule has 2 aromatic carbocycles. The van der Waals surface area contributed by atoms with Crippen LogP contribution in [-0.2, 0) is 5.75 Å². The number of fused-ring (bicyclic) bond motifs is 1. The molecule has 0 unspecified atom stereocenters. The summed E-state index contributed by atoms with van der Waals surface area (Å²) in [7, 11) is 0. The zero-order chi connectivity index (χ0) is 13.9. The second kappa shape index (κ2) is 5.55. The van der Waals surface area contributed by atoms with Crippen LogP contribution in [0.25, 0.3) is 10.9 Å². The van der Waals surface area contributed by atoms with Crippen LogP contribution in [0, 0.1) is 6.92 Å². The number of hydrogen-bond donors (Lipinski definition) is 1. The van der Waals surface area contributed by atoms with Crippen molar-refractivity contribution in [3.05, 3.63) is 65.9 Å². The van der Waals surface area contributed by atoms with Gasteiger partial charge >= 0.3 is 0 Å². The van der Waals surface area contributed by atoms with Crippen molar-refractivity contribution in [2.45, 2.75) is 17.6 Å². The number of nitrogens with two attached hydrogens (primary N) is 1. The summed E-state index contributed by atoms with van der Waals surface area (Å²) in [5, 5.41) is 1.19. The van der Waals surface area contributed by atoms with Crippen LogP contribution in [0.2, 0.25) is 0 Å². The maximum atomic E-state index is 5.79. The van der Waals surface area contributed by atoms with E-state index in [0.717, 1.165) is 17.0 Å². The molecular weight excluding hydrogens is 264 g/mol. The van der Waals surface area contributed by atoms with Gasteiger partial charge in [-0.2, -0.15) is 0 Å². The quantitative estimate of drug-likeness (QED) is 0.570. The Morgan fingerprint density at radius 2 is 1.95 bits per heavy atom. The number of pyridine rings is 1. The van der Waals surface area contributed by atoms with Gasteiger partial charge in [0.05, 0.1) is 5.52 Å². The SMILES string of the molecule is Cc1cc(N)ccc1SCc1cccc2cccnc12. The van der Waals surface area contributed by atoms with Crippen molar-refractivity contribution in [3.8, 4) is 0 Å². The Kier molecular flexibility index (Phi) is 3.61. The Hall–Kier alpha value is -2.00. The van der Waals surface area contributed by atoms with E-state index in [0.29, 0.717) is 0 Å². The van der Waals surface area contributed by atoms with Gasteiger partial charge in [-0.15, -0.1) is 11.8 Å². The van der Waals surface area contributed by atoms with Crippen LogP contribution in [0.5, 0.6) is 0 Å². The Bertz CT molecular complexity index is 748. The third-order valence-corrected chi connectivity index (χ3v) is 4.52. The average molecular weight is 280 g/mol. The van der Waals surface area contributed by atoms with E-state index < -0.39 is 0 Å². The van der Waals surface area contributed by atoms with Crippen molar-refractivity contribution in [1.82, 2.24) is 4.98 Å². The Morgan fingerprint density at radius 3 is 2.80 bits per heavy atom. The van der Waals surface area contributed by atoms with Gasteiger partial charge in [-0.1, -0.05) is 24.3 Å². The molecule has 100 valence electrons. The summed E-state index contributed by atoms with van der Waals surface area (Å²) in [4.78, 5) is 5.77. The normalized spacial score (nSPS) is 10.8. The van der Waals surface area contributed by atoms with Crippen molar-refractivity contribution < 1.29 is 0 Å². The van der Waals surface area contributed by atoms with Crippen LogP contribution < -0.4 is 5.73 Å². The number of hydrogen-bond acceptors (Lipinski definition) is 3. The molecule has 20 heavy (non-hydrogen) atoms. The molecule has 0 atom stereocenters. The van der Waals surface area contributed by atoms with E-state index in [1.807, 2.05) is 36.2 Å². The Morgan fingerprint density at radius 1 is 1.10 bits per heavy atom. The molecule has 3 rings (SSSR count). The number of aromatic nitrogens is 1. The predicted octanol–water partition coefficient (Wildman–Crippen LogP) is 4.42. The number of benzene rings is 2. The molecule has 0 spiro atoms. The minimum Gasteiger partial charge on any atom is -0.399 e. The zero-order valence-electron chi connectivity index (χ0n) is 11.3. The van der Waals surface area contributed by atoms with Gasteiger partial charge in [0.25, 0.3) is 0 Å². The van der Waals surface area contributed by atoms with Gasteiger partial charge in [-0.25, -0.2) is 0 Å².